The zero-order chi connectivity index (χ0) is 32.2. The van der Waals surface area contributed by atoms with Crippen molar-refractivity contribution in [2.45, 2.75) is 83.3 Å². The van der Waals surface area contributed by atoms with E-state index in [9.17, 15) is 60.9 Å². The Morgan fingerprint density at radius 2 is 1.26 bits per heavy atom. The summed E-state index contributed by atoms with van der Waals surface area (Å²) in [5.74, 6) is -11.2. The number of halogens is 9. The third kappa shape index (κ3) is 6.24. The summed E-state index contributed by atoms with van der Waals surface area (Å²) in [6.45, 7) is 0. The van der Waals surface area contributed by atoms with Gasteiger partial charge in [0.05, 0.1) is 10.1 Å². The molecule has 1 unspecified atom stereocenters. The highest BCUT2D eigenvalue weighted by Gasteiger charge is 2.83. The second kappa shape index (κ2) is 11.6. The summed E-state index contributed by atoms with van der Waals surface area (Å²) in [4.78, 5) is 1.99. The van der Waals surface area contributed by atoms with Gasteiger partial charge in [-0.3, -0.25) is 0 Å². The Bertz CT molecular complexity index is 1550. The number of fused-ring (bicyclic) bond motifs is 4. The molecule has 1 aliphatic heterocycles. The average Bonchev–Trinajstić information content (AvgIpc) is 3.47. The van der Waals surface area contributed by atoms with E-state index in [1.54, 1.807) is 0 Å². The van der Waals surface area contributed by atoms with Crippen LogP contribution < -0.4 is 0 Å². The van der Waals surface area contributed by atoms with E-state index in [2.05, 4.69) is 18.2 Å². The molecule has 1 atom stereocenters. The van der Waals surface area contributed by atoms with E-state index < -0.39 is 43.2 Å². The number of rotatable bonds is 6. The molecule has 5 nitrogen and oxygen atoms in total. The predicted octanol–water partition coefficient (Wildman–Crippen LogP) is 6.92. The topological polar surface area (TPSA) is 91.3 Å². The van der Waals surface area contributed by atoms with Gasteiger partial charge in [0.2, 0.25) is 0 Å². The third-order valence-electron chi connectivity index (χ3n) is 8.29. The van der Waals surface area contributed by atoms with Crippen molar-refractivity contribution in [1.29, 1.82) is 0 Å². The van der Waals surface area contributed by atoms with Crippen molar-refractivity contribution in [2.75, 3.05) is 11.5 Å². The molecule has 0 amide bonds. The van der Waals surface area contributed by atoms with Crippen molar-refractivity contribution < 1.29 is 60.9 Å². The molecule has 3 aliphatic carbocycles. The lowest BCUT2D eigenvalue weighted by atomic mass is 9.70. The van der Waals surface area contributed by atoms with Crippen LogP contribution in [0.15, 0.2) is 46.2 Å². The smallest absolute Gasteiger partial charge is 0.460 e. The molecular weight excluding hydrogens is 659 g/mol. The molecule has 1 heterocycles. The van der Waals surface area contributed by atoms with Gasteiger partial charge in [0.25, 0.3) is 0 Å². The summed E-state index contributed by atoms with van der Waals surface area (Å²) >= 11 is 0. The molecule has 242 valence electrons. The van der Waals surface area contributed by atoms with Crippen molar-refractivity contribution in [3.05, 3.63) is 36.4 Å². The first-order valence-corrected chi connectivity index (χ1v) is 17.7. The SMILES string of the molecule is O=S(=O)([O-])C(F)(F)C(F)(F)C(F)(F)C(F)(F)F.O=S(=O)(c1ccc2cc([S+]3CCCC3)ccc2c1)C1CC2CCC1CC2. The van der Waals surface area contributed by atoms with Crippen molar-refractivity contribution in [3.8, 4) is 0 Å². The van der Waals surface area contributed by atoms with Crippen LogP contribution in [0.2, 0.25) is 0 Å². The Morgan fingerprint density at radius 1 is 0.721 bits per heavy atom. The molecule has 43 heavy (non-hydrogen) atoms. The maximum Gasteiger partial charge on any atom is 0.460 e. The van der Waals surface area contributed by atoms with Crippen LogP contribution in [0.25, 0.3) is 10.8 Å². The molecule has 6 rings (SSSR count). The molecular formula is C26H27F9O5S3. The summed E-state index contributed by atoms with van der Waals surface area (Å²) in [6, 6.07) is 12.5. The lowest BCUT2D eigenvalue weighted by Crippen LogP contribution is -2.63. The molecule has 0 N–H and O–H groups in total. The van der Waals surface area contributed by atoms with Gasteiger partial charge in [-0.2, -0.15) is 39.5 Å². The van der Waals surface area contributed by atoms with E-state index in [4.69, 9.17) is 0 Å². The number of hydrogen-bond acceptors (Lipinski definition) is 5. The Morgan fingerprint density at radius 3 is 1.74 bits per heavy atom. The van der Waals surface area contributed by atoms with Gasteiger partial charge >= 0.3 is 23.3 Å². The number of benzene rings is 2. The van der Waals surface area contributed by atoms with E-state index in [0.717, 1.165) is 24.6 Å². The predicted molar refractivity (Wildman–Crippen MR) is 140 cm³/mol. The highest BCUT2D eigenvalue weighted by Crippen LogP contribution is 2.54. The lowest BCUT2D eigenvalue weighted by molar-refractivity contribution is -0.382. The number of hydrogen-bond donors (Lipinski definition) is 0. The van der Waals surface area contributed by atoms with Crippen LogP contribution in [0, 0.1) is 11.8 Å². The molecule has 2 aromatic rings. The molecule has 2 bridgehead atoms. The van der Waals surface area contributed by atoms with Gasteiger partial charge in [-0.25, -0.2) is 16.8 Å². The fourth-order valence-corrected chi connectivity index (χ4v) is 10.8. The summed E-state index contributed by atoms with van der Waals surface area (Å²) in [7, 11) is -10.2. The van der Waals surface area contributed by atoms with Gasteiger partial charge in [-0.05, 0) is 79.0 Å². The summed E-state index contributed by atoms with van der Waals surface area (Å²) in [5.41, 5.74) is 0. The zero-order valence-electron chi connectivity index (χ0n) is 22.2. The second-order valence-corrected chi connectivity index (χ2v) is 16.9. The van der Waals surface area contributed by atoms with Crippen LogP contribution in [0.4, 0.5) is 39.5 Å². The van der Waals surface area contributed by atoms with E-state index in [1.807, 2.05) is 18.2 Å². The monoisotopic (exact) mass is 686 g/mol. The maximum absolute atomic E-state index is 13.3. The third-order valence-corrected chi connectivity index (χ3v) is 13.9. The maximum atomic E-state index is 13.3. The number of sulfone groups is 1. The quantitative estimate of drug-likeness (QED) is 0.187. The zero-order valence-corrected chi connectivity index (χ0v) is 24.7. The highest BCUT2D eigenvalue weighted by atomic mass is 32.2. The van der Waals surface area contributed by atoms with E-state index in [1.165, 1.54) is 47.5 Å². The number of alkyl halides is 9. The van der Waals surface area contributed by atoms with Crippen molar-refractivity contribution in [1.82, 2.24) is 0 Å². The standard InChI is InChI=1S/C22H27O2S2.C4HF9O3S/c23-26(24,22-13-16-3-5-17(22)6-4-16)21-10-8-18-14-20(9-7-19(18)15-21)25-11-1-2-12-25;5-1(6,3(9,10)11)2(7,8)4(12,13)17(14,15)16/h7-10,14-17,22H,1-6,11-13H2;(H,14,15,16)/q+1;/p-1. The molecule has 0 aromatic heterocycles. The Hall–Kier alpha value is -1.72. The minimum absolute atomic E-state index is 0.147. The van der Waals surface area contributed by atoms with E-state index >= 15 is 0 Å². The lowest BCUT2D eigenvalue weighted by Gasteiger charge is -2.41. The van der Waals surface area contributed by atoms with Gasteiger partial charge in [0.1, 0.15) is 11.5 Å². The largest absolute Gasteiger partial charge is 0.743 e. The Labute approximate surface area is 245 Å². The molecule has 0 radical (unpaired) electrons. The minimum Gasteiger partial charge on any atom is -0.743 e. The van der Waals surface area contributed by atoms with Crippen LogP contribution in [0.3, 0.4) is 0 Å². The van der Waals surface area contributed by atoms with Crippen molar-refractivity contribution >= 4 is 41.6 Å². The van der Waals surface area contributed by atoms with Gasteiger partial charge < -0.3 is 4.55 Å². The second-order valence-electron chi connectivity index (χ2n) is 11.0. The first-order valence-electron chi connectivity index (χ1n) is 13.2. The van der Waals surface area contributed by atoms with Crippen LogP contribution in [0.1, 0.15) is 44.9 Å². The minimum atomic E-state index is -7.43. The molecule has 2 aromatic carbocycles. The molecule has 4 fully saturated rings. The van der Waals surface area contributed by atoms with Crippen molar-refractivity contribution in [3.63, 3.8) is 0 Å². The fraction of sp³-hybridized carbons (Fsp3) is 0.615. The van der Waals surface area contributed by atoms with E-state index in [-0.39, 0.29) is 5.25 Å². The normalized spacial score (nSPS) is 24.2. The van der Waals surface area contributed by atoms with Gasteiger partial charge in [0.15, 0.2) is 24.9 Å². The van der Waals surface area contributed by atoms with Gasteiger partial charge in [0, 0.05) is 17.0 Å². The van der Waals surface area contributed by atoms with Crippen molar-refractivity contribution in [2.24, 2.45) is 11.8 Å². The van der Waals surface area contributed by atoms with Gasteiger partial charge in [-0.1, -0.05) is 18.9 Å². The van der Waals surface area contributed by atoms with Crippen LogP contribution in [-0.2, 0) is 30.9 Å². The Balaban J connectivity index is 0.000000219. The molecule has 4 aliphatic rings. The molecule has 3 saturated carbocycles. The highest BCUT2D eigenvalue weighted by molar-refractivity contribution is 7.97. The first kappa shape index (κ1) is 34.2. The summed E-state index contributed by atoms with van der Waals surface area (Å²) < 4.78 is 162. The molecule has 17 heteroatoms. The molecule has 1 saturated heterocycles. The van der Waals surface area contributed by atoms with Gasteiger partial charge in [-0.15, -0.1) is 0 Å². The van der Waals surface area contributed by atoms with Crippen LogP contribution in [0.5, 0.6) is 0 Å². The van der Waals surface area contributed by atoms with Crippen LogP contribution in [-0.4, -0.2) is 61.4 Å². The Kier molecular flexibility index (Phi) is 9.19. The van der Waals surface area contributed by atoms with Crippen LogP contribution >= 0.6 is 0 Å². The van der Waals surface area contributed by atoms with E-state index in [0.29, 0.717) is 27.6 Å². The first-order chi connectivity index (χ1) is 19.6. The fourth-order valence-electron chi connectivity index (χ4n) is 5.84. The summed E-state index contributed by atoms with van der Waals surface area (Å²) in [5, 5.41) is -5.00. The average molecular weight is 687 g/mol. The summed E-state index contributed by atoms with van der Waals surface area (Å²) in [6.07, 6.45) is 1.10. The molecule has 0 spiro atoms.